The van der Waals surface area contributed by atoms with Gasteiger partial charge in [-0.15, -0.1) is 0 Å². The Hall–Kier alpha value is -1.93. The number of carboxylic acids is 1. The van der Waals surface area contributed by atoms with E-state index < -0.39 is 27.8 Å². The Balaban J connectivity index is 2.81. The van der Waals surface area contributed by atoms with Gasteiger partial charge < -0.3 is 15.2 Å². The van der Waals surface area contributed by atoms with E-state index in [0.29, 0.717) is 0 Å². The van der Waals surface area contributed by atoms with E-state index in [0.717, 1.165) is 6.26 Å². The number of amides is 1. The highest BCUT2D eigenvalue weighted by atomic mass is 32.2. The van der Waals surface area contributed by atoms with Gasteiger partial charge in [0, 0.05) is 32.0 Å². The van der Waals surface area contributed by atoms with Crippen LogP contribution in [0.3, 0.4) is 0 Å². The Kier molecular flexibility index (Phi) is 5.86. The minimum atomic E-state index is -3.34. The van der Waals surface area contributed by atoms with Gasteiger partial charge in [-0.2, -0.15) is 0 Å². The van der Waals surface area contributed by atoms with Crippen molar-refractivity contribution in [2.75, 3.05) is 20.0 Å². The first-order chi connectivity index (χ1) is 9.75. The maximum Gasteiger partial charge on any atom is 0.326 e. The average molecular weight is 315 g/mol. The van der Waals surface area contributed by atoms with Crippen molar-refractivity contribution in [2.45, 2.75) is 17.4 Å². The Morgan fingerprint density at radius 1 is 1.29 bits per heavy atom. The Morgan fingerprint density at radius 3 is 2.29 bits per heavy atom. The third-order valence-electron chi connectivity index (χ3n) is 2.76. The molecule has 1 aromatic carbocycles. The molecule has 1 unspecified atom stereocenters. The van der Waals surface area contributed by atoms with Gasteiger partial charge >= 0.3 is 5.97 Å². The third-order valence-corrected chi connectivity index (χ3v) is 3.89. The lowest BCUT2D eigenvalue weighted by atomic mass is 10.1. The lowest BCUT2D eigenvalue weighted by molar-refractivity contribution is -0.139. The summed E-state index contributed by atoms with van der Waals surface area (Å²) in [5.74, 6) is -1.74. The van der Waals surface area contributed by atoms with Crippen molar-refractivity contribution >= 4 is 21.7 Å². The number of hydrogen-bond donors (Lipinski definition) is 2. The van der Waals surface area contributed by atoms with E-state index in [2.05, 4.69) is 5.32 Å². The number of carbonyl (C=O) groups is 2. The fourth-order valence-electron chi connectivity index (χ4n) is 1.59. The van der Waals surface area contributed by atoms with Crippen LogP contribution in [0.2, 0.25) is 0 Å². The molecule has 0 saturated heterocycles. The quantitative estimate of drug-likeness (QED) is 0.749. The van der Waals surface area contributed by atoms with Gasteiger partial charge in [-0.3, -0.25) is 4.79 Å². The number of ether oxygens (including phenoxy) is 1. The fraction of sp³-hybridized carbons (Fsp3) is 0.385. The second-order valence-electron chi connectivity index (χ2n) is 4.44. The van der Waals surface area contributed by atoms with Crippen molar-refractivity contribution < 1.29 is 27.9 Å². The van der Waals surface area contributed by atoms with Crippen LogP contribution in [0, 0.1) is 0 Å². The number of sulfone groups is 1. The zero-order valence-electron chi connectivity index (χ0n) is 11.7. The van der Waals surface area contributed by atoms with Gasteiger partial charge in [0.2, 0.25) is 0 Å². The van der Waals surface area contributed by atoms with Crippen LogP contribution in [-0.4, -0.2) is 51.4 Å². The molecule has 0 heterocycles. The Labute approximate surface area is 122 Å². The molecule has 21 heavy (non-hydrogen) atoms. The van der Waals surface area contributed by atoms with E-state index in [9.17, 15) is 18.0 Å². The van der Waals surface area contributed by atoms with Crippen molar-refractivity contribution in [3.05, 3.63) is 29.8 Å². The minimum absolute atomic E-state index is 0.0909. The summed E-state index contributed by atoms with van der Waals surface area (Å²) in [4.78, 5) is 23.0. The zero-order valence-corrected chi connectivity index (χ0v) is 12.5. The number of aliphatic carboxylic acids is 1. The van der Waals surface area contributed by atoms with Crippen LogP contribution in [-0.2, 0) is 19.4 Å². The highest BCUT2D eigenvalue weighted by Gasteiger charge is 2.20. The summed E-state index contributed by atoms with van der Waals surface area (Å²) in [5, 5.41) is 11.4. The molecule has 0 fully saturated rings. The number of rotatable bonds is 7. The highest BCUT2D eigenvalue weighted by Crippen LogP contribution is 2.10. The van der Waals surface area contributed by atoms with Gasteiger partial charge in [0.1, 0.15) is 6.04 Å². The average Bonchev–Trinajstić information content (AvgIpc) is 2.42. The molecule has 1 amide bonds. The number of methoxy groups -OCH3 is 1. The molecule has 2 N–H and O–H groups in total. The third kappa shape index (κ3) is 5.16. The molecule has 0 aliphatic rings. The summed E-state index contributed by atoms with van der Waals surface area (Å²) in [6.45, 7) is 0.199. The SMILES string of the molecule is COCCC(NC(=O)c1ccc(S(C)(=O)=O)cc1)C(=O)O. The van der Waals surface area contributed by atoms with Gasteiger partial charge in [-0.1, -0.05) is 0 Å². The highest BCUT2D eigenvalue weighted by molar-refractivity contribution is 7.90. The second-order valence-corrected chi connectivity index (χ2v) is 6.46. The Bertz CT molecular complexity index is 608. The van der Waals surface area contributed by atoms with E-state index in [1.165, 1.54) is 31.4 Å². The van der Waals surface area contributed by atoms with Crippen molar-refractivity contribution in [2.24, 2.45) is 0 Å². The summed E-state index contributed by atoms with van der Waals surface area (Å²) in [5.41, 5.74) is 0.186. The second kappa shape index (κ2) is 7.19. The number of carboxylic acid groups (broad SMARTS) is 1. The van der Waals surface area contributed by atoms with Crippen molar-refractivity contribution in [3.63, 3.8) is 0 Å². The van der Waals surface area contributed by atoms with Crippen molar-refractivity contribution in [1.29, 1.82) is 0 Å². The molecule has 0 aromatic heterocycles. The molecule has 0 radical (unpaired) electrons. The monoisotopic (exact) mass is 315 g/mol. The molecule has 0 aliphatic heterocycles. The van der Waals surface area contributed by atoms with Crippen molar-refractivity contribution in [1.82, 2.24) is 5.32 Å². The van der Waals surface area contributed by atoms with Crippen LogP contribution >= 0.6 is 0 Å². The van der Waals surface area contributed by atoms with Crippen LogP contribution in [0.25, 0.3) is 0 Å². The topological polar surface area (TPSA) is 110 Å². The molecule has 0 spiro atoms. The molecule has 1 aromatic rings. The fourth-order valence-corrected chi connectivity index (χ4v) is 2.22. The summed E-state index contributed by atoms with van der Waals surface area (Å²) >= 11 is 0. The van der Waals surface area contributed by atoms with Crippen LogP contribution in [0.4, 0.5) is 0 Å². The maximum absolute atomic E-state index is 11.9. The van der Waals surface area contributed by atoms with Gasteiger partial charge in [0.05, 0.1) is 4.90 Å². The van der Waals surface area contributed by atoms with Crippen molar-refractivity contribution in [3.8, 4) is 0 Å². The molecule has 8 heteroatoms. The molecule has 1 atom stereocenters. The first-order valence-corrected chi connectivity index (χ1v) is 7.97. The van der Waals surface area contributed by atoms with Crippen LogP contribution in [0.1, 0.15) is 16.8 Å². The lowest BCUT2D eigenvalue weighted by Gasteiger charge is -2.14. The van der Waals surface area contributed by atoms with E-state index in [1.807, 2.05) is 0 Å². The maximum atomic E-state index is 11.9. The van der Waals surface area contributed by atoms with Gasteiger partial charge in [-0.25, -0.2) is 13.2 Å². The molecule has 7 nitrogen and oxygen atoms in total. The smallest absolute Gasteiger partial charge is 0.326 e. The van der Waals surface area contributed by atoms with Crippen LogP contribution < -0.4 is 5.32 Å². The predicted octanol–water partition coefficient (Wildman–Crippen LogP) is 0.310. The largest absolute Gasteiger partial charge is 0.480 e. The number of nitrogens with one attached hydrogen (secondary N) is 1. The molecule has 116 valence electrons. The van der Waals surface area contributed by atoms with Gasteiger partial charge in [-0.05, 0) is 24.3 Å². The molecule has 0 saturated carbocycles. The van der Waals surface area contributed by atoms with Gasteiger partial charge in [0.15, 0.2) is 9.84 Å². The summed E-state index contributed by atoms with van der Waals surface area (Å²) < 4.78 is 27.4. The summed E-state index contributed by atoms with van der Waals surface area (Å²) in [6.07, 6.45) is 1.20. The minimum Gasteiger partial charge on any atom is -0.480 e. The first-order valence-electron chi connectivity index (χ1n) is 6.08. The van der Waals surface area contributed by atoms with Crippen LogP contribution in [0.5, 0.6) is 0 Å². The molecular formula is C13H17NO6S. The van der Waals surface area contributed by atoms with E-state index in [4.69, 9.17) is 9.84 Å². The molecule has 0 aliphatic carbocycles. The molecule has 0 bridgehead atoms. The molecule has 1 rings (SSSR count). The van der Waals surface area contributed by atoms with E-state index in [1.54, 1.807) is 0 Å². The number of benzene rings is 1. The van der Waals surface area contributed by atoms with E-state index >= 15 is 0 Å². The van der Waals surface area contributed by atoms with Crippen LogP contribution in [0.15, 0.2) is 29.2 Å². The normalized spacial score (nSPS) is 12.7. The van der Waals surface area contributed by atoms with Gasteiger partial charge in [0.25, 0.3) is 5.91 Å². The van der Waals surface area contributed by atoms with E-state index in [-0.39, 0.29) is 23.5 Å². The standard InChI is InChI=1S/C13H17NO6S/c1-20-8-7-11(13(16)17)14-12(15)9-3-5-10(6-4-9)21(2,18)19/h3-6,11H,7-8H2,1-2H3,(H,14,15)(H,16,17). The zero-order chi connectivity index (χ0) is 16.0. The predicted molar refractivity (Wildman–Crippen MR) is 74.9 cm³/mol. The summed E-state index contributed by atoms with van der Waals surface area (Å²) in [7, 11) is -1.90. The first kappa shape index (κ1) is 17.1. The molecular weight excluding hydrogens is 298 g/mol. The number of hydrogen-bond acceptors (Lipinski definition) is 5. The summed E-state index contributed by atoms with van der Waals surface area (Å²) in [6, 6.07) is 4.21. The number of carbonyl (C=O) groups excluding carboxylic acids is 1. The lowest BCUT2D eigenvalue weighted by Crippen LogP contribution is -2.41. The Morgan fingerprint density at radius 2 is 1.86 bits per heavy atom.